The summed E-state index contributed by atoms with van der Waals surface area (Å²) in [6, 6.07) is 4.69. The zero-order valence-electron chi connectivity index (χ0n) is 15.7. The molecule has 1 heterocycles. The van der Waals surface area contributed by atoms with Crippen LogP contribution in [0.1, 0.15) is 6.92 Å². The van der Waals surface area contributed by atoms with Gasteiger partial charge < -0.3 is 24.6 Å². The molecule has 0 bridgehead atoms. The van der Waals surface area contributed by atoms with E-state index in [4.69, 9.17) is 9.47 Å². The van der Waals surface area contributed by atoms with Gasteiger partial charge in [0.05, 0.1) is 25.9 Å². The zero-order chi connectivity index (χ0) is 20.0. The molecule has 1 aromatic rings. The molecule has 0 radical (unpaired) electrons. The van der Waals surface area contributed by atoms with Crippen molar-refractivity contribution in [1.82, 2.24) is 9.80 Å². The van der Waals surface area contributed by atoms with E-state index in [0.29, 0.717) is 38.5 Å². The van der Waals surface area contributed by atoms with Crippen LogP contribution in [0.3, 0.4) is 0 Å². The van der Waals surface area contributed by atoms with E-state index < -0.39 is 9.84 Å². The van der Waals surface area contributed by atoms with Gasteiger partial charge in [0, 0.05) is 32.4 Å². The highest BCUT2D eigenvalue weighted by Gasteiger charge is 2.25. The molecular formula is C17H25N3O6S. The van der Waals surface area contributed by atoms with Crippen LogP contribution in [0.15, 0.2) is 23.1 Å². The first-order valence-corrected chi connectivity index (χ1v) is 10.5. The van der Waals surface area contributed by atoms with E-state index in [9.17, 15) is 18.0 Å². The van der Waals surface area contributed by atoms with E-state index in [1.165, 1.54) is 13.2 Å². The van der Waals surface area contributed by atoms with Crippen LogP contribution in [0.5, 0.6) is 5.75 Å². The van der Waals surface area contributed by atoms with E-state index in [2.05, 4.69) is 5.32 Å². The van der Waals surface area contributed by atoms with Gasteiger partial charge in [0.15, 0.2) is 15.6 Å². The Kier molecular flexibility index (Phi) is 6.89. The van der Waals surface area contributed by atoms with E-state index in [-0.39, 0.29) is 29.2 Å². The molecule has 1 fully saturated rings. The van der Waals surface area contributed by atoms with Crippen molar-refractivity contribution in [3.05, 3.63) is 18.2 Å². The van der Waals surface area contributed by atoms with Gasteiger partial charge in [-0.05, 0) is 19.1 Å². The molecule has 1 aromatic carbocycles. The second-order valence-corrected chi connectivity index (χ2v) is 8.01. The minimum absolute atomic E-state index is 0.0109. The Hall–Kier alpha value is -2.49. The Labute approximate surface area is 159 Å². The van der Waals surface area contributed by atoms with Crippen molar-refractivity contribution in [1.29, 1.82) is 0 Å². The van der Waals surface area contributed by atoms with Crippen LogP contribution < -0.4 is 10.1 Å². The Morgan fingerprint density at radius 3 is 2.33 bits per heavy atom. The van der Waals surface area contributed by atoms with Gasteiger partial charge in [-0.25, -0.2) is 13.2 Å². The Morgan fingerprint density at radius 1 is 1.15 bits per heavy atom. The largest absolute Gasteiger partial charge is 0.493 e. The van der Waals surface area contributed by atoms with Gasteiger partial charge in [-0.15, -0.1) is 0 Å². The number of para-hydroxylation sites is 1. The van der Waals surface area contributed by atoms with Crippen molar-refractivity contribution in [2.24, 2.45) is 0 Å². The monoisotopic (exact) mass is 399 g/mol. The lowest BCUT2D eigenvalue weighted by molar-refractivity contribution is -0.130. The second-order valence-electron chi connectivity index (χ2n) is 6.03. The summed E-state index contributed by atoms with van der Waals surface area (Å²) in [4.78, 5) is 27.4. The van der Waals surface area contributed by atoms with E-state index in [0.717, 1.165) is 6.26 Å². The van der Waals surface area contributed by atoms with Crippen molar-refractivity contribution < 1.29 is 27.5 Å². The molecule has 10 heteroatoms. The number of methoxy groups -OCH3 is 1. The number of nitrogens with zero attached hydrogens (tertiary/aromatic N) is 2. The predicted octanol–water partition coefficient (Wildman–Crippen LogP) is 0.811. The van der Waals surface area contributed by atoms with Gasteiger partial charge in [0.2, 0.25) is 5.91 Å². The van der Waals surface area contributed by atoms with Crippen molar-refractivity contribution in [2.45, 2.75) is 11.8 Å². The third kappa shape index (κ3) is 5.25. The Balaban J connectivity index is 1.96. The number of ether oxygens (including phenoxy) is 2. The fourth-order valence-corrected chi connectivity index (χ4v) is 3.65. The summed E-state index contributed by atoms with van der Waals surface area (Å²) in [6.45, 7) is 3.71. The molecule has 27 heavy (non-hydrogen) atoms. The van der Waals surface area contributed by atoms with E-state index in [1.807, 2.05) is 0 Å². The summed E-state index contributed by atoms with van der Waals surface area (Å²) in [6.07, 6.45) is 0.730. The minimum atomic E-state index is -3.46. The third-order valence-electron chi connectivity index (χ3n) is 4.17. The fraction of sp³-hybridized carbons (Fsp3) is 0.529. The number of benzene rings is 1. The summed E-state index contributed by atoms with van der Waals surface area (Å²) in [5, 5.41) is 2.94. The number of anilines is 1. The lowest BCUT2D eigenvalue weighted by Crippen LogP contribution is -2.51. The highest BCUT2D eigenvalue weighted by Crippen LogP contribution is 2.31. The van der Waals surface area contributed by atoms with Gasteiger partial charge in [-0.1, -0.05) is 6.07 Å². The molecule has 0 spiro atoms. The molecule has 1 N–H and O–H groups in total. The highest BCUT2D eigenvalue weighted by atomic mass is 32.2. The molecule has 150 valence electrons. The molecule has 1 aliphatic heterocycles. The average Bonchev–Trinajstić information content (AvgIpc) is 2.65. The van der Waals surface area contributed by atoms with Gasteiger partial charge in [-0.3, -0.25) is 4.79 Å². The highest BCUT2D eigenvalue weighted by molar-refractivity contribution is 7.90. The molecule has 0 atom stereocenters. The summed E-state index contributed by atoms with van der Waals surface area (Å²) >= 11 is 0. The minimum Gasteiger partial charge on any atom is -0.493 e. The van der Waals surface area contributed by atoms with E-state index >= 15 is 0 Å². The first kappa shape index (κ1) is 20.8. The van der Waals surface area contributed by atoms with Crippen LogP contribution >= 0.6 is 0 Å². The second kappa shape index (κ2) is 8.94. The number of nitrogens with one attached hydrogen (secondary N) is 1. The molecule has 2 amide bonds. The third-order valence-corrected chi connectivity index (χ3v) is 5.29. The number of hydrogen-bond acceptors (Lipinski definition) is 7. The maximum Gasteiger partial charge on any atom is 0.409 e. The number of sulfone groups is 1. The first-order valence-electron chi connectivity index (χ1n) is 8.58. The fourth-order valence-electron chi connectivity index (χ4n) is 2.79. The maximum absolute atomic E-state index is 12.4. The molecule has 1 saturated heterocycles. The first-order chi connectivity index (χ1) is 12.8. The summed E-state index contributed by atoms with van der Waals surface area (Å²) in [5.74, 6) is 0.0326. The number of piperazine rings is 1. The number of amides is 2. The normalized spacial score (nSPS) is 14.6. The number of rotatable bonds is 6. The standard InChI is InChI=1S/C17H25N3O6S/c1-4-26-17(22)20-10-8-19(9-11-20)15(21)12-18-13-6-5-7-14(16(13)25-2)27(3,23)24/h5-7,18H,4,8-12H2,1-3H3. The zero-order valence-corrected chi connectivity index (χ0v) is 16.5. The molecule has 0 unspecified atom stereocenters. The molecule has 2 rings (SSSR count). The molecule has 1 aliphatic rings. The Bertz CT molecular complexity index is 788. The van der Waals surface area contributed by atoms with Crippen molar-refractivity contribution in [3.8, 4) is 5.75 Å². The topological polar surface area (TPSA) is 105 Å². The summed E-state index contributed by atoms with van der Waals surface area (Å²) in [5.41, 5.74) is 0.430. The Morgan fingerprint density at radius 2 is 1.78 bits per heavy atom. The lowest BCUT2D eigenvalue weighted by Gasteiger charge is -2.34. The molecule has 0 aromatic heterocycles. The predicted molar refractivity (Wildman–Crippen MR) is 99.8 cm³/mol. The molecular weight excluding hydrogens is 374 g/mol. The van der Waals surface area contributed by atoms with Crippen LogP contribution in [0, 0.1) is 0 Å². The van der Waals surface area contributed by atoms with Crippen LogP contribution in [0.2, 0.25) is 0 Å². The van der Waals surface area contributed by atoms with Gasteiger partial charge in [-0.2, -0.15) is 0 Å². The van der Waals surface area contributed by atoms with E-state index in [1.54, 1.807) is 28.9 Å². The SMILES string of the molecule is CCOC(=O)N1CCN(C(=O)CNc2cccc(S(C)(=O)=O)c2OC)CC1. The van der Waals surface area contributed by atoms with Crippen LogP contribution in [0.25, 0.3) is 0 Å². The van der Waals surface area contributed by atoms with Crippen LogP contribution in [0.4, 0.5) is 10.5 Å². The maximum atomic E-state index is 12.4. The molecule has 0 saturated carbocycles. The molecule has 0 aliphatic carbocycles. The number of hydrogen-bond donors (Lipinski definition) is 1. The lowest BCUT2D eigenvalue weighted by atomic mass is 10.2. The van der Waals surface area contributed by atoms with Gasteiger partial charge >= 0.3 is 6.09 Å². The number of carbonyl (C=O) groups is 2. The smallest absolute Gasteiger partial charge is 0.409 e. The van der Waals surface area contributed by atoms with Crippen LogP contribution in [-0.2, 0) is 19.4 Å². The quantitative estimate of drug-likeness (QED) is 0.755. The van der Waals surface area contributed by atoms with Gasteiger partial charge in [0.25, 0.3) is 0 Å². The number of carbonyl (C=O) groups excluding carboxylic acids is 2. The van der Waals surface area contributed by atoms with Crippen molar-refractivity contribution in [2.75, 3.05) is 58.0 Å². The summed E-state index contributed by atoms with van der Waals surface area (Å²) < 4.78 is 33.9. The summed E-state index contributed by atoms with van der Waals surface area (Å²) in [7, 11) is -2.08. The van der Waals surface area contributed by atoms with Gasteiger partial charge in [0.1, 0.15) is 4.90 Å². The average molecular weight is 399 g/mol. The van der Waals surface area contributed by atoms with Crippen molar-refractivity contribution in [3.63, 3.8) is 0 Å². The van der Waals surface area contributed by atoms with Crippen molar-refractivity contribution >= 4 is 27.5 Å². The van der Waals surface area contributed by atoms with Crippen LogP contribution in [-0.4, -0.2) is 82.9 Å². The molecule has 9 nitrogen and oxygen atoms in total.